The smallest absolute Gasteiger partial charge is 0.183 e. The summed E-state index contributed by atoms with van der Waals surface area (Å²) < 4.78 is 5.86. The summed E-state index contributed by atoms with van der Waals surface area (Å²) in [7, 11) is 0. The maximum atomic E-state index is 9.60. The number of hydrogen-bond acceptors (Lipinski definition) is 3. The van der Waals surface area contributed by atoms with Gasteiger partial charge in [-0.2, -0.15) is 5.26 Å². The fourth-order valence-electron chi connectivity index (χ4n) is 5.44. The number of pyridine rings is 1. The van der Waals surface area contributed by atoms with Gasteiger partial charge in [0.15, 0.2) is 11.4 Å². The van der Waals surface area contributed by atoms with Crippen LogP contribution < -0.4 is 4.74 Å². The van der Waals surface area contributed by atoms with Crippen molar-refractivity contribution in [1.82, 2.24) is 4.98 Å². The van der Waals surface area contributed by atoms with Gasteiger partial charge in [0.2, 0.25) is 0 Å². The number of rotatable bonds is 15. The van der Waals surface area contributed by atoms with E-state index >= 15 is 0 Å². The zero-order valence-electron chi connectivity index (χ0n) is 22.2. The van der Waals surface area contributed by atoms with Crippen LogP contribution in [-0.4, -0.2) is 11.6 Å². The van der Waals surface area contributed by atoms with Gasteiger partial charge in [0, 0.05) is 5.56 Å². The van der Waals surface area contributed by atoms with E-state index in [0.29, 0.717) is 24.0 Å². The zero-order valence-corrected chi connectivity index (χ0v) is 22.2. The first-order valence-electron chi connectivity index (χ1n) is 14.4. The number of aromatic nitrogens is 1. The van der Waals surface area contributed by atoms with Crippen LogP contribution in [0.1, 0.15) is 127 Å². The first kappa shape index (κ1) is 27.3. The molecule has 0 unspecified atom stereocenters. The van der Waals surface area contributed by atoms with E-state index in [1.54, 1.807) is 0 Å². The molecule has 0 aliphatic heterocycles. The van der Waals surface area contributed by atoms with Gasteiger partial charge in [-0.3, -0.25) is 0 Å². The number of benzene rings is 1. The van der Waals surface area contributed by atoms with E-state index < -0.39 is 0 Å². The molecule has 0 spiro atoms. The summed E-state index contributed by atoms with van der Waals surface area (Å²) in [6.07, 6.45) is 19.8. The van der Waals surface area contributed by atoms with Crippen LogP contribution in [0.2, 0.25) is 0 Å². The molecule has 2 aromatic rings. The maximum Gasteiger partial charge on any atom is 0.183 e. The monoisotopic (exact) mass is 474 g/mol. The predicted octanol–water partition coefficient (Wildman–Crippen LogP) is 9.60. The molecule has 0 atom stereocenters. The number of nitrogens with zero attached hydrogens (tertiary/aromatic N) is 2. The van der Waals surface area contributed by atoms with Gasteiger partial charge in [0.1, 0.15) is 6.07 Å². The van der Waals surface area contributed by atoms with Crippen molar-refractivity contribution in [3.8, 4) is 23.1 Å². The third kappa shape index (κ3) is 8.99. The number of hydrogen-bond donors (Lipinski definition) is 0. The molecule has 0 N–H and O–H groups in total. The van der Waals surface area contributed by atoms with Crippen LogP contribution in [0.5, 0.6) is 5.75 Å². The topological polar surface area (TPSA) is 45.9 Å². The third-order valence-electron chi connectivity index (χ3n) is 7.71. The van der Waals surface area contributed by atoms with Gasteiger partial charge in [0.05, 0.1) is 12.3 Å². The highest BCUT2D eigenvalue weighted by Gasteiger charge is 2.22. The van der Waals surface area contributed by atoms with Gasteiger partial charge in [-0.25, -0.2) is 4.98 Å². The average Bonchev–Trinajstić information content (AvgIpc) is 2.91. The summed E-state index contributed by atoms with van der Waals surface area (Å²) in [6, 6.07) is 15.0. The SMILES string of the molecule is CCCCCCCOc1ccc(-c2ccc(C3CCC(CCCCCCC)CC3)cc2)nc1C#N. The highest BCUT2D eigenvalue weighted by atomic mass is 16.5. The Kier molecular flexibility index (Phi) is 12.2. The number of unbranched alkanes of at least 4 members (excludes halogenated alkanes) is 8. The van der Waals surface area contributed by atoms with Crippen molar-refractivity contribution in [3.05, 3.63) is 47.7 Å². The molecule has 1 heterocycles. The molecule has 0 amide bonds. The summed E-state index contributed by atoms with van der Waals surface area (Å²) in [6.45, 7) is 5.16. The van der Waals surface area contributed by atoms with E-state index in [2.05, 4.69) is 49.2 Å². The number of nitriles is 1. The van der Waals surface area contributed by atoms with E-state index in [1.807, 2.05) is 12.1 Å². The quantitative estimate of drug-likeness (QED) is 0.241. The minimum Gasteiger partial charge on any atom is -0.491 e. The molecule has 3 heteroatoms. The number of ether oxygens (including phenoxy) is 1. The van der Waals surface area contributed by atoms with E-state index in [4.69, 9.17) is 4.74 Å². The summed E-state index contributed by atoms with van der Waals surface area (Å²) >= 11 is 0. The van der Waals surface area contributed by atoms with Gasteiger partial charge in [0.25, 0.3) is 0 Å². The lowest BCUT2D eigenvalue weighted by atomic mass is 9.77. The molecule has 1 aliphatic rings. The predicted molar refractivity (Wildman–Crippen MR) is 147 cm³/mol. The minimum atomic E-state index is 0.383. The molecular formula is C32H46N2O. The van der Waals surface area contributed by atoms with Crippen molar-refractivity contribution in [2.45, 2.75) is 116 Å². The van der Waals surface area contributed by atoms with Crippen molar-refractivity contribution in [2.75, 3.05) is 6.61 Å². The first-order chi connectivity index (χ1) is 17.2. The second kappa shape index (κ2) is 15.6. The molecule has 0 radical (unpaired) electrons. The van der Waals surface area contributed by atoms with Crippen molar-refractivity contribution >= 4 is 0 Å². The molecule has 3 nitrogen and oxygen atoms in total. The minimum absolute atomic E-state index is 0.383. The van der Waals surface area contributed by atoms with E-state index in [9.17, 15) is 5.26 Å². The van der Waals surface area contributed by atoms with Gasteiger partial charge in [-0.15, -0.1) is 0 Å². The van der Waals surface area contributed by atoms with Crippen molar-refractivity contribution in [1.29, 1.82) is 5.26 Å². The van der Waals surface area contributed by atoms with Crippen LogP contribution in [0.4, 0.5) is 0 Å². The first-order valence-corrected chi connectivity index (χ1v) is 14.4. The maximum absolute atomic E-state index is 9.60. The van der Waals surface area contributed by atoms with Crippen LogP contribution in [0.25, 0.3) is 11.3 Å². The van der Waals surface area contributed by atoms with Crippen molar-refractivity contribution in [2.24, 2.45) is 5.92 Å². The van der Waals surface area contributed by atoms with E-state index in [-0.39, 0.29) is 0 Å². The molecule has 35 heavy (non-hydrogen) atoms. The summed E-state index contributed by atoms with van der Waals surface area (Å²) in [5.74, 6) is 2.24. The van der Waals surface area contributed by atoms with Gasteiger partial charge in [-0.1, -0.05) is 102 Å². The molecule has 1 aliphatic carbocycles. The van der Waals surface area contributed by atoms with E-state index in [0.717, 1.165) is 23.6 Å². The Morgan fingerprint density at radius 1 is 0.800 bits per heavy atom. The average molecular weight is 475 g/mol. The summed E-state index contributed by atoms with van der Waals surface area (Å²) in [5, 5.41) is 9.60. The molecule has 0 saturated heterocycles. The van der Waals surface area contributed by atoms with Crippen LogP contribution >= 0.6 is 0 Å². The molecule has 3 rings (SSSR count). The highest BCUT2D eigenvalue weighted by Crippen LogP contribution is 2.38. The third-order valence-corrected chi connectivity index (χ3v) is 7.71. The fraction of sp³-hybridized carbons (Fsp3) is 0.625. The van der Waals surface area contributed by atoms with Crippen molar-refractivity contribution in [3.63, 3.8) is 0 Å². The lowest BCUT2D eigenvalue weighted by Gasteiger charge is -2.29. The Balaban J connectivity index is 1.48. The van der Waals surface area contributed by atoms with E-state index in [1.165, 1.54) is 95.5 Å². The standard InChI is InChI=1S/C32H46N2O/c1-3-5-7-9-11-13-26-14-16-27(17-15-26)28-18-20-29(21-19-28)30-22-23-32(31(25-33)34-30)35-24-12-10-8-6-4-2/h18-23,26-27H,3-17,24H2,1-2H3. The van der Waals surface area contributed by atoms with Crippen LogP contribution in [0, 0.1) is 17.2 Å². The van der Waals surface area contributed by atoms with Crippen LogP contribution in [0.15, 0.2) is 36.4 Å². The molecule has 0 bridgehead atoms. The normalized spacial score (nSPS) is 17.7. The second-order valence-electron chi connectivity index (χ2n) is 10.5. The zero-order chi connectivity index (χ0) is 24.7. The Hall–Kier alpha value is -2.34. The van der Waals surface area contributed by atoms with Gasteiger partial charge < -0.3 is 4.74 Å². The molecule has 1 aromatic carbocycles. The molecular weight excluding hydrogens is 428 g/mol. The summed E-state index contributed by atoms with van der Waals surface area (Å²) in [4.78, 5) is 4.60. The fourth-order valence-corrected chi connectivity index (χ4v) is 5.44. The molecule has 1 saturated carbocycles. The Labute approximate surface area is 214 Å². The van der Waals surface area contributed by atoms with Crippen molar-refractivity contribution < 1.29 is 4.74 Å². The van der Waals surface area contributed by atoms with Gasteiger partial charge >= 0.3 is 0 Å². The second-order valence-corrected chi connectivity index (χ2v) is 10.5. The Morgan fingerprint density at radius 2 is 1.46 bits per heavy atom. The Morgan fingerprint density at radius 3 is 2.11 bits per heavy atom. The Bertz CT molecular complexity index is 891. The summed E-state index contributed by atoms with van der Waals surface area (Å²) in [5.41, 5.74) is 3.75. The van der Waals surface area contributed by atoms with Crippen LogP contribution in [0.3, 0.4) is 0 Å². The molecule has 1 fully saturated rings. The molecule has 190 valence electrons. The van der Waals surface area contributed by atoms with Gasteiger partial charge in [-0.05, 0) is 61.6 Å². The molecule has 1 aromatic heterocycles. The lowest BCUT2D eigenvalue weighted by Crippen LogP contribution is -2.13. The lowest BCUT2D eigenvalue weighted by molar-refractivity contribution is 0.302. The highest BCUT2D eigenvalue weighted by molar-refractivity contribution is 5.61. The largest absolute Gasteiger partial charge is 0.491 e. The van der Waals surface area contributed by atoms with Crippen LogP contribution in [-0.2, 0) is 0 Å².